The average Bonchev–Trinajstić information content (AvgIpc) is 2.79. The van der Waals surface area contributed by atoms with Crippen molar-refractivity contribution in [2.75, 3.05) is 25.5 Å². The van der Waals surface area contributed by atoms with E-state index >= 15 is 0 Å². The zero-order chi connectivity index (χ0) is 13.2. The summed E-state index contributed by atoms with van der Waals surface area (Å²) in [5.74, 6) is 0.481. The van der Waals surface area contributed by atoms with Gasteiger partial charge in [-0.05, 0) is 44.6 Å². The standard InChI is InChI=1S/C14H19FN4/c1-19-7-3-2-4-11(19)9-16-14-17-12-6-5-10(15)8-13(12)18-14/h5-6,8,11H,2-4,7,9H2,1H3,(H2,16,17,18). The average molecular weight is 262 g/mol. The van der Waals surface area contributed by atoms with Gasteiger partial charge in [0, 0.05) is 12.6 Å². The van der Waals surface area contributed by atoms with Crippen molar-refractivity contribution < 1.29 is 4.39 Å². The van der Waals surface area contributed by atoms with Crippen LogP contribution in [0.3, 0.4) is 0 Å². The number of aromatic amines is 1. The second-order valence-electron chi connectivity index (χ2n) is 5.26. The first-order valence-corrected chi connectivity index (χ1v) is 6.82. The summed E-state index contributed by atoms with van der Waals surface area (Å²) in [5.41, 5.74) is 1.53. The van der Waals surface area contributed by atoms with Gasteiger partial charge in [0.1, 0.15) is 5.82 Å². The molecule has 1 aliphatic heterocycles. The third kappa shape index (κ3) is 2.71. The molecular weight excluding hydrogens is 243 g/mol. The van der Waals surface area contributed by atoms with Crippen LogP contribution in [-0.2, 0) is 0 Å². The van der Waals surface area contributed by atoms with Crippen LogP contribution < -0.4 is 5.32 Å². The number of fused-ring (bicyclic) bond motifs is 1. The number of aromatic nitrogens is 2. The van der Waals surface area contributed by atoms with E-state index < -0.39 is 0 Å². The van der Waals surface area contributed by atoms with Gasteiger partial charge in [0.2, 0.25) is 5.95 Å². The first-order valence-electron chi connectivity index (χ1n) is 6.82. The van der Waals surface area contributed by atoms with Crippen LogP contribution in [0.2, 0.25) is 0 Å². The lowest BCUT2D eigenvalue weighted by atomic mass is 10.0. The zero-order valence-electron chi connectivity index (χ0n) is 11.1. The Bertz CT molecular complexity index is 566. The first kappa shape index (κ1) is 12.4. The fraction of sp³-hybridized carbons (Fsp3) is 0.500. The minimum atomic E-state index is -0.241. The van der Waals surface area contributed by atoms with Crippen LogP contribution >= 0.6 is 0 Å². The quantitative estimate of drug-likeness (QED) is 0.893. The molecule has 0 bridgehead atoms. The highest BCUT2D eigenvalue weighted by atomic mass is 19.1. The molecule has 1 atom stereocenters. The Morgan fingerprint density at radius 3 is 3.21 bits per heavy atom. The molecule has 0 aliphatic carbocycles. The number of piperidine rings is 1. The number of halogens is 1. The van der Waals surface area contributed by atoms with Crippen molar-refractivity contribution in [2.45, 2.75) is 25.3 Å². The second kappa shape index (κ2) is 5.17. The van der Waals surface area contributed by atoms with Crippen molar-refractivity contribution in [1.29, 1.82) is 0 Å². The van der Waals surface area contributed by atoms with Crippen LogP contribution in [0, 0.1) is 5.82 Å². The van der Waals surface area contributed by atoms with Gasteiger partial charge >= 0.3 is 0 Å². The summed E-state index contributed by atoms with van der Waals surface area (Å²) in [7, 11) is 2.17. The number of likely N-dealkylation sites (N-methyl/N-ethyl adjacent to an activating group) is 1. The van der Waals surface area contributed by atoms with Crippen molar-refractivity contribution >= 4 is 17.0 Å². The summed E-state index contributed by atoms with van der Waals surface area (Å²) in [5, 5.41) is 3.32. The molecule has 1 aliphatic rings. The van der Waals surface area contributed by atoms with E-state index in [-0.39, 0.29) is 5.82 Å². The highest BCUT2D eigenvalue weighted by Gasteiger charge is 2.18. The minimum Gasteiger partial charge on any atom is -0.354 e. The lowest BCUT2D eigenvalue weighted by Gasteiger charge is -2.32. The summed E-state index contributed by atoms with van der Waals surface area (Å²) in [6.45, 7) is 2.04. The van der Waals surface area contributed by atoms with Crippen molar-refractivity contribution in [3.05, 3.63) is 24.0 Å². The number of H-pyrrole nitrogens is 1. The van der Waals surface area contributed by atoms with Crippen LogP contribution in [0.4, 0.5) is 10.3 Å². The van der Waals surface area contributed by atoms with E-state index in [2.05, 4.69) is 27.2 Å². The fourth-order valence-corrected chi connectivity index (χ4v) is 2.68. The molecule has 4 nitrogen and oxygen atoms in total. The predicted molar refractivity (Wildman–Crippen MR) is 74.8 cm³/mol. The lowest BCUT2D eigenvalue weighted by Crippen LogP contribution is -2.40. The monoisotopic (exact) mass is 262 g/mol. The SMILES string of the molecule is CN1CCCCC1CNc1nc2ccc(F)cc2[nH]1. The summed E-state index contributed by atoms with van der Waals surface area (Å²) >= 11 is 0. The van der Waals surface area contributed by atoms with E-state index in [1.807, 2.05) is 0 Å². The molecule has 0 radical (unpaired) electrons. The molecule has 2 aromatic rings. The third-order valence-electron chi connectivity index (χ3n) is 3.87. The molecule has 2 N–H and O–H groups in total. The molecule has 1 aromatic heterocycles. The lowest BCUT2D eigenvalue weighted by molar-refractivity contribution is 0.194. The van der Waals surface area contributed by atoms with E-state index in [9.17, 15) is 4.39 Å². The first-order chi connectivity index (χ1) is 9.22. The van der Waals surface area contributed by atoms with Gasteiger partial charge in [-0.1, -0.05) is 6.42 Å². The molecule has 1 fully saturated rings. The number of hydrogen-bond acceptors (Lipinski definition) is 3. The van der Waals surface area contributed by atoms with Crippen molar-refractivity contribution in [1.82, 2.24) is 14.9 Å². The van der Waals surface area contributed by atoms with E-state index in [1.54, 1.807) is 6.07 Å². The number of nitrogens with one attached hydrogen (secondary N) is 2. The second-order valence-corrected chi connectivity index (χ2v) is 5.26. The number of benzene rings is 1. The van der Waals surface area contributed by atoms with Crippen molar-refractivity contribution in [3.63, 3.8) is 0 Å². The van der Waals surface area contributed by atoms with Gasteiger partial charge in [0.15, 0.2) is 0 Å². The number of hydrogen-bond donors (Lipinski definition) is 2. The number of nitrogens with zero attached hydrogens (tertiary/aromatic N) is 2. The summed E-state index contributed by atoms with van der Waals surface area (Å²) in [6.07, 6.45) is 3.80. The topological polar surface area (TPSA) is 44.0 Å². The molecule has 5 heteroatoms. The molecule has 19 heavy (non-hydrogen) atoms. The van der Waals surface area contributed by atoms with E-state index in [0.29, 0.717) is 6.04 Å². The van der Waals surface area contributed by atoms with Gasteiger partial charge in [-0.25, -0.2) is 9.37 Å². The van der Waals surface area contributed by atoms with Gasteiger partial charge < -0.3 is 15.2 Å². The Morgan fingerprint density at radius 2 is 2.37 bits per heavy atom. The highest BCUT2D eigenvalue weighted by Crippen LogP contribution is 2.18. The number of rotatable bonds is 3. The predicted octanol–water partition coefficient (Wildman–Crippen LogP) is 2.60. The Kier molecular flexibility index (Phi) is 3.38. The molecule has 2 heterocycles. The molecule has 1 unspecified atom stereocenters. The van der Waals surface area contributed by atoms with Gasteiger partial charge in [-0.3, -0.25) is 0 Å². The molecule has 0 amide bonds. The third-order valence-corrected chi connectivity index (χ3v) is 3.87. The van der Waals surface area contributed by atoms with Gasteiger partial charge in [0.05, 0.1) is 11.0 Å². The normalized spacial score (nSPS) is 20.8. The molecule has 0 saturated carbocycles. The molecule has 102 valence electrons. The smallest absolute Gasteiger partial charge is 0.201 e. The van der Waals surface area contributed by atoms with Crippen LogP contribution in [-0.4, -0.2) is 41.0 Å². The number of likely N-dealkylation sites (tertiary alicyclic amines) is 1. The van der Waals surface area contributed by atoms with Gasteiger partial charge in [0.25, 0.3) is 0 Å². The van der Waals surface area contributed by atoms with Crippen LogP contribution in [0.25, 0.3) is 11.0 Å². The highest BCUT2D eigenvalue weighted by molar-refractivity contribution is 5.77. The number of imidazole rings is 1. The maximum Gasteiger partial charge on any atom is 0.201 e. The fourth-order valence-electron chi connectivity index (χ4n) is 2.68. The Morgan fingerprint density at radius 1 is 1.47 bits per heavy atom. The van der Waals surface area contributed by atoms with Gasteiger partial charge in [-0.2, -0.15) is 0 Å². The van der Waals surface area contributed by atoms with E-state index in [4.69, 9.17) is 0 Å². The zero-order valence-corrected chi connectivity index (χ0v) is 11.1. The number of anilines is 1. The Labute approximate surface area is 112 Å². The maximum atomic E-state index is 13.1. The molecule has 1 saturated heterocycles. The summed E-state index contributed by atoms with van der Waals surface area (Å²) in [6, 6.07) is 5.15. The molecule has 0 spiro atoms. The molecule has 3 rings (SSSR count). The molecular formula is C14H19FN4. The minimum absolute atomic E-state index is 0.241. The largest absolute Gasteiger partial charge is 0.354 e. The Hall–Kier alpha value is -1.62. The summed E-state index contributed by atoms with van der Waals surface area (Å²) in [4.78, 5) is 9.91. The molecule has 1 aromatic carbocycles. The van der Waals surface area contributed by atoms with E-state index in [0.717, 1.165) is 30.1 Å². The maximum absolute atomic E-state index is 13.1. The summed E-state index contributed by atoms with van der Waals surface area (Å²) < 4.78 is 13.1. The van der Waals surface area contributed by atoms with Gasteiger partial charge in [-0.15, -0.1) is 0 Å². The van der Waals surface area contributed by atoms with Crippen LogP contribution in [0.15, 0.2) is 18.2 Å². The van der Waals surface area contributed by atoms with Crippen molar-refractivity contribution in [2.24, 2.45) is 0 Å². The van der Waals surface area contributed by atoms with E-state index in [1.165, 1.54) is 31.4 Å². The Balaban J connectivity index is 1.68. The van der Waals surface area contributed by atoms with Crippen LogP contribution in [0.1, 0.15) is 19.3 Å². The van der Waals surface area contributed by atoms with Crippen LogP contribution in [0.5, 0.6) is 0 Å². The van der Waals surface area contributed by atoms with Crippen molar-refractivity contribution in [3.8, 4) is 0 Å².